The molecule has 2 bridgehead atoms. The Labute approximate surface area is 196 Å². The van der Waals surface area contributed by atoms with Gasteiger partial charge in [-0.15, -0.1) is 0 Å². The third-order valence-corrected chi connectivity index (χ3v) is 7.87. The average Bonchev–Trinajstić information content (AvgIpc) is 3.25. The number of carbonyl (C=O) groups is 1. The van der Waals surface area contributed by atoms with Crippen molar-refractivity contribution < 1.29 is 27.5 Å². The Kier molecular flexibility index (Phi) is 4.61. The number of carboxylic acid groups (broad SMARTS) is 1. The molecule has 6 nitrogen and oxygen atoms in total. The van der Waals surface area contributed by atoms with Crippen molar-refractivity contribution in [2.75, 3.05) is 5.73 Å². The number of aromatic amines is 1. The summed E-state index contributed by atoms with van der Waals surface area (Å²) in [7, 11) is 0. The lowest BCUT2D eigenvalue weighted by Crippen LogP contribution is -2.46. The molecule has 0 unspecified atom stereocenters. The fourth-order valence-corrected chi connectivity index (χ4v) is 6.26. The predicted octanol–water partition coefficient (Wildman–Crippen LogP) is 5.45. The Hall–Kier alpha value is -3.69. The highest BCUT2D eigenvalue weighted by Crippen LogP contribution is 2.56. The summed E-state index contributed by atoms with van der Waals surface area (Å²) < 4.78 is 58.4. The molecular formula is C25H20F4N4O2. The number of aliphatic carboxylic acids is 1. The van der Waals surface area contributed by atoms with E-state index in [2.05, 4.69) is 15.0 Å². The summed E-state index contributed by atoms with van der Waals surface area (Å²) in [5, 5.41) is 10.0. The zero-order valence-corrected chi connectivity index (χ0v) is 18.3. The second-order valence-corrected chi connectivity index (χ2v) is 9.65. The number of nitrogen functional groups attached to an aromatic ring is 1. The molecule has 0 amide bonds. The number of H-pyrrole nitrogens is 1. The van der Waals surface area contributed by atoms with Crippen LogP contribution in [-0.4, -0.2) is 26.0 Å². The van der Waals surface area contributed by atoms with Crippen molar-refractivity contribution in [1.29, 1.82) is 0 Å². The van der Waals surface area contributed by atoms with Crippen LogP contribution in [-0.2, 0) is 10.2 Å². The summed E-state index contributed by atoms with van der Waals surface area (Å²) in [6.07, 6.45) is 3.80. The third kappa shape index (κ3) is 3.11. The normalized spacial score (nSPS) is 23.9. The molecule has 3 fully saturated rings. The Morgan fingerprint density at radius 2 is 1.83 bits per heavy atom. The van der Waals surface area contributed by atoms with Gasteiger partial charge in [0.1, 0.15) is 17.5 Å². The molecule has 1 atom stereocenters. The van der Waals surface area contributed by atoms with Crippen molar-refractivity contribution >= 4 is 33.6 Å². The van der Waals surface area contributed by atoms with Crippen LogP contribution in [0.3, 0.4) is 0 Å². The van der Waals surface area contributed by atoms with Crippen LogP contribution in [0, 0.1) is 35.1 Å². The van der Waals surface area contributed by atoms with E-state index in [-0.39, 0.29) is 56.9 Å². The van der Waals surface area contributed by atoms with Crippen LogP contribution in [0.5, 0.6) is 0 Å². The highest BCUT2D eigenvalue weighted by Gasteiger charge is 2.51. The van der Waals surface area contributed by atoms with E-state index in [4.69, 9.17) is 5.73 Å². The summed E-state index contributed by atoms with van der Waals surface area (Å²) in [6, 6.07) is 2.78. The Bertz CT molecular complexity index is 1540. The molecule has 3 aliphatic carbocycles. The SMILES string of the molecule is Nc1nc(-c2c[nH]c3c(F)cc(F)cc23)nc2cc(F)c(F)c(C34CCC(CC3)[C@@H](C(=O)O)C4)c12. The smallest absolute Gasteiger partial charge is 0.306 e. The van der Waals surface area contributed by atoms with Crippen LogP contribution in [0.1, 0.15) is 37.7 Å². The Balaban J connectivity index is 1.58. The van der Waals surface area contributed by atoms with Gasteiger partial charge in [-0.05, 0) is 49.5 Å². The summed E-state index contributed by atoms with van der Waals surface area (Å²) in [4.78, 5) is 23.3. The number of nitrogens with two attached hydrogens (primary N) is 1. The van der Waals surface area contributed by atoms with Crippen molar-refractivity contribution in [3.8, 4) is 11.4 Å². The van der Waals surface area contributed by atoms with Crippen LogP contribution < -0.4 is 5.73 Å². The molecular weight excluding hydrogens is 464 g/mol. The average molecular weight is 484 g/mol. The number of halogens is 4. The minimum atomic E-state index is -1.12. The molecule has 10 heteroatoms. The van der Waals surface area contributed by atoms with Gasteiger partial charge in [-0.2, -0.15) is 0 Å². The van der Waals surface area contributed by atoms with Gasteiger partial charge < -0.3 is 15.8 Å². The Morgan fingerprint density at radius 1 is 1.09 bits per heavy atom. The fourth-order valence-electron chi connectivity index (χ4n) is 6.26. The monoisotopic (exact) mass is 484 g/mol. The molecule has 0 saturated heterocycles. The first-order valence-corrected chi connectivity index (χ1v) is 11.3. The number of hydrogen-bond donors (Lipinski definition) is 3. The quantitative estimate of drug-likeness (QED) is 0.336. The molecule has 0 radical (unpaired) electrons. The summed E-state index contributed by atoms with van der Waals surface area (Å²) in [5.74, 6) is -5.47. The topological polar surface area (TPSA) is 105 Å². The number of carboxylic acids is 1. The second kappa shape index (κ2) is 7.40. The van der Waals surface area contributed by atoms with E-state index in [1.807, 2.05) is 0 Å². The lowest BCUT2D eigenvalue weighted by molar-refractivity contribution is -0.148. The zero-order chi connectivity index (χ0) is 24.6. The molecule has 35 heavy (non-hydrogen) atoms. The van der Waals surface area contributed by atoms with Crippen molar-refractivity contribution in [2.24, 2.45) is 11.8 Å². The number of nitrogens with zero attached hydrogens (tertiary/aromatic N) is 2. The lowest BCUT2D eigenvalue weighted by Gasteiger charge is -2.50. The molecule has 4 N–H and O–H groups in total. The van der Waals surface area contributed by atoms with Gasteiger partial charge in [0, 0.05) is 40.2 Å². The first-order chi connectivity index (χ1) is 16.7. The fraction of sp³-hybridized carbons (Fsp3) is 0.320. The van der Waals surface area contributed by atoms with E-state index < -0.39 is 40.6 Å². The first kappa shape index (κ1) is 21.8. The van der Waals surface area contributed by atoms with Gasteiger partial charge in [0.15, 0.2) is 17.5 Å². The van der Waals surface area contributed by atoms with E-state index in [1.165, 1.54) is 6.20 Å². The molecule has 2 heterocycles. The minimum Gasteiger partial charge on any atom is -0.481 e. The first-order valence-electron chi connectivity index (χ1n) is 11.3. The molecule has 0 aliphatic heterocycles. The number of nitrogens with one attached hydrogen (secondary N) is 1. The van der Waals surface area contributed by atoms with Gasteiger partial charge in [0.05, 0.1) is 17.0 Å². The van der Waals surface area contributed by atoms with Crippen LogP contribution >= 0.6 is 0 Å². The van der Waals surface area contributed by atoms with Gasteiger partial charge in [-0.3, -0.25) is 4.79 Å². The van der Waals surface area contributed by atoms with Crippen LogP contribution in [0.15, 0.2) is 24.4 Å². The maximum Gasteiger partial charge on any atom is 0.306 e. The number of hydrogen-bond acceptors (Lipinski definition) is 4. The van der Waals surface area contributed by atoms with Gasteiger partial charge >= 0.3 is 5.97 Å². The van der Waals surface area contributed by atoms with Gasteiger partial charge in [0.2, 0.25) is 0 Å². The van der Waals surface area contributed by atoms with Crippen molar-refractivity contribution in [3.05, 3.63) is 53.2 Å². The summed E-state index contributed by atoms with van der Waals surface area (Å²) in [5.41, 5.74) is 5.77. The molecule has 7 rings (SSSR count). The molecule has 3 saturated carbocycles. The van der Waals surface area contributed by atoms with Crippen molar-refractivity contribution in [2.45, 2.75) is 37.5 Å². The van der Waals surface area contributed by atoms with Gasteiger partial charge in [0.25, 0.3) is 0 Å². The van der Waals surface area contributed by atoms with E-state index in [0.29, 0.717) is 25.7 Å². The van der Waals surface area contributed by atoms with Gasteiger partial charge in [-0.25, -0.2) is 27.5 Å². The Morgan fingerprint density at radius 3 is 2.54 bits per heavy atom. The number of aromatic nitrogens is 3. The standard InChI is InChI=1S/C25H20F4N4O2/c26-11-5-12-14(9-31-21(12)16(28)6-11)23-32-17-7-15(27)20(29)19(18(17)22(30)33-23)25-3-1-10(2-4-25)13(8-25)24(34)35/h5-7,9-10,13,31H,1-4,8H2,(H,34,35)(H2,30,32,33)/t10?,13-,25?/m0/s1. The van der Waals surface area contributed by atoms with Crippen LogP contribution in [0.2, 0.25) is 0 Å². The molecule has 0 spiro atoms. The van der Waals surface area contributed by atoms with Crippen molar-refractivity contribution in [3.63, 3.8) is 0 Å². The molecule has 3 aliphatic rings. The molecule has 180 valence electrons. The van der Waals surface area contributed by atoms with E-state index in [0.717, 1.165) is 18.2 Å². The molecule has 4 aromatic rings. The molecule has 2 aromatic carbocycles. The number of benzene rings is 2. The zero-order valence-electron chi connectivity index (χ0n) is 18.3. The largest absolute Gasteiger partial charge is 0.481 e. The third-order valence-electron chi connectivity index (χ3n) is 7.87. The second-order valence-electron chi connectivity index (χ2n) is 9.65. The van der Waals surface area contributed by atoms with Gasteiger partial charge in [-0.1, -0.05) is 0 Å². The summed E-state index contributed by atoms with van der Waals surface area (Å²) >= 11 is 0. The highest BCUT2D eigenvalue weighted by atomic mass is 19.2. The lowest BCUT2D eigenvalue weighted by atomic mass is 9.53. The number of fused-ring (bicyclic) bond motifs is 5. The van der Waals surface area contributed by atoms with E-state index in [1.54, 1.807) is 0 Å². The maximum atomic E-state index is 15.4. The molecule has 2 aromatic heterocycles. The van der Waals surface area contributed by atoms with E-state index >= 15 is 4.39 Å². The van der Waals surface area contributed by atoms with Crippen LogP contribution in [0.25, 0.3) is 33.2 Å². The highest BCUT2D eigenvalue weighted by molar-refractivity contribution is 5.98. The van der Waals surface area contributed by atoms with Crippen LogP contribution in [0.4, 0.5) is 23.4 Å². The number of anilines is 1. The van der Waals surface area contributed by atoms with Crippen molar-refractivity contribution in [1.82, 2.24) is 15.0 Å². The maximum absolute atomic E-state index is 15.4. The predicted molar refractivity (Wildman–Crippen MR) is 120 cm³/mol. The number of rotatable bonds is 3. The minimum absolute atomic E-state index is 0.00327. The summed E-state index contributed by atoms with van der Waals surface area (Å²) in [6.45, 7) is 0. The van der Waals surface area contributed by atoms with E-state index in [9.17, 15) is 23.1 Å².